The van der Waals surface area contributed by atoms with Crippen LogP contribution in [0.3, 0.4) is 0 Å². The van der Waals surface area contributed by atoms with E-state index in [9.17, 15) is 9.18 Å². The SMILES string of the molecule is CCOC(=O)c1c(-c2ccc(F)cc2)nn2ccc(Cl)c2c1C(C)C. The number of carbonyl (C=O) groups excluding carboxylic acids is 1. The summed E-state index contributed by atoms with van der Waals surface area (Å²) in [5, 5.41) is 5.07. The number of aromatic nitrogens is 2. The number of fused-ring (bicyclic) bond motifs is 1. The molecule has 0 spiro atoms. The maximum absolute atomic E-state index is 13.3. The Balaban J connectivity index is 2.40. The molecule has 0 aliphatic carbocycles. The lowest BCUT2D eigenvalue weighted by Crippen LogP contribution is -2.15. The molecule has 0 amide bonds. The van der Waals surface area contributed by atoms with Crippen molar-refractivity contribution in [2.75, 3.05) is 6.61 Å². The molecule has 130 valence electrons. The summed E-state index contributed by atoms with van der Waals surface area (Å²) in [7, 11) is 0. The van der Waals surface area contributed by atoms with Gasteiger partial charge in [0.15, 0.2) is 0 Å². The second-order valence-corrected chi connectivity index (χ2v) is 6.38. The Morgan fingerprint density at radius 1 is 1.28 bits per heavy atom. The van der Waals surface area contributed by atoms with Crippen LogP contribution in [0.2, 0.25) is 5.02 Å². The molecule has 0 saturated carbocycles. The molecule has 2 aromatic heterocycles. The van der Waals surface area contributed by atoms with Gasteiger partial charge in [-0.05, 0) is 48.7 Å². The molecule has 0 fully saturated rings. The normalized spacial score (nSPS) is 11.3. The molecule has 0 radical (unpaired) electrons. The van der Waals surface area contributed by atoms with Crippen LogP contribution < -0.4 is 0 Å². The maximum atomic E-state index is 13.3. The first kappa shape index (κ1) is 17.4. The Hall–Kier alpha value is -2.40. The van der Waals surface area contributed by atoms with Crippen molar-refractivity contribution in [3.63, 3.8) is 0 Å². The van der Waals surface area contributed by atoms with Gasteiger partial charge >= 0.3 is 5.97 Å². The molecule has 3 rings (SSSR count). The van der Waals surface area contributed by atoms with Crippen LogP contribution in [0.15, 0.2) is 36.5 Å². The summed E-state index contributed by atoms with van der Waals surface area (Å²) in [4.78, 5) is 12.7. The molecule has 0 bridgehead atoms. The molecule has 3 aromatic rings. The van der Waals surface area contributed by atoms with E-state index in [0.717, 1.165) is 5.56 Å². The van der Waals surface area contributed by atoms with Crippen LogP contribution >= 0.6 is 11.6 Å². The van der Waals surface area contributed by atoms with E-state index < -0.39 is 5.97 Å². The Morgan fingerprint density at radius 2 is 1.96 bits per heavy atom. The third-order valence-corrected chi connectivity index (χ3v) is 4.27. The highest BCUT2D eigenvalue weighted by Gasteiger charge is 2.26. The fraction of sp³-hybridized carbons (Fsp3) is 0.263. The van der Waals surface area contributed by atoms with Gasteiger partial charge < -0.3 is 4.74 Å². The number of hydrogen-bond acceptors (Lipinski definition) is 3. The van der Waals surface area contributed by atoms with E-state index in [1.807, 2.05) is 13.8 Å². The van der Waals surface area contributed by atoms with Crippen molar-refractivity contribution in [2.24, 2.45) is 0 Å². The predicted octanol–water partition coefficient (Wildman–Crippen LogP) is 5.09. The van der Waals surface area contributed by atoms with E-state index >= 15 is 0 Å². The van der Waals surface area contributed by atoms with Crippen molar-refractivity contribution in [2.45, 2.75) is 26.7 Å². The zero-order valence-corrected chi connectivity index (χ0v) is 15.0. The fourth-order valence-corrected chi connectivity index (χ4v) is 3.16. The number of rotatable bonds is 4. The minimum atomic E-state index is -0.460. The van der Waals surface area contributed by atoms with Gasteiger partial charge in [0.2, 0.25) is 0 Å². The maximum Gasteiger partial charge on any atom is 0.340 e. The summed E-state index contributed by atoms with van der Waals surface area (Å²) in [5.74, 6) is -0.801. The van der Waals surface area contributed by atoms with Crippen LogP contribution in [-0.2, 0) is 4.74 Å². The van der Waals surface area contributed by atoms with Gasteiger partial charge in [-0.25, -0.2) is 13.7 Å². The summed E-state index contributed by atoms with van der Waals surface area (Å²) in [6.45, 7) is 5.96. The molecule has 6 heteroatoms. The molecular formula is C19H18ClFN2O2. The van der Waals surface area contributed by atoms with Crippen LogP contribution in [0, 0.1) is 5.82 Å². The van der Waals surface area contributed by atoms with Gasteiger partial charge in [-0.3, -0.25) is 0 Å². The van der Waals surface area contributed by atoms with Crippen LogP contribution in [0.25, 0.3) is 16.8 Å². The fourth-order valence-electron chi connectivity index (χ4n) is 2.92. The molecule has 25 heavy (non-hydrogen) atoms. The first-order chi connectivity index (χ1) is 11.9. The molecule has 2 heterocycles. The standard InChI is InChI=1S/C19H18ClFN2O2/c1-4-25-19(24)16-15(11(2)3)18-14(20)9-10-23(18)22-17(16)12-5-7-13(21)8-6-12/h5-11H,4H2,1-3H3. The minimum Gasteiger partial charge on any atom is -0.462 e. The number of hydrogen-bond donors (Lipinski definition) is 0. The first-order valence-corrected chi connectivity index (χ1v) is 8.45. The smallest absolute Gasteiger partial charge is 0.340 e. The molecular weight excluding hydrogens is 343 g/mol. The van der Waals surface area contributed by atoms with Gasteiger partial charge in [0.25, 0.3) is 0 Å². The van der Waals surface area contributed by atoms with Crippen molar-refractivity contribution in [1.29, 1.82) is 0 Å². The second kappa shape index (κ2) is 6.84. The van der Waals surface area contributed by atoms with Gasteiger partial charge in [-0.2, -0.15) is 5.10 Å². The number of esters is 1. The van der Waals surface area contributed by atoms with Crippen molar-refractivity contribution in [3.8, 4) is 11.3 Å². The Bertz CT molecular complexity index is 933. The average molecular weight is 361 g/mol. The minimum absolute atomic E-state index is 0.0107. The highest BCUT2D eigenvalue weighted by Crippen LogP contribution is 2.35. The Morgan fingerprint density at radius 3 is 2.56 bits per heavy atom. The molecule has 0 atom stereocenters. The zero-order valence-electron chi connectivity index (χ0n) is 14.2. The number of nitrogens with zero attached hydrogens (tertiary/aromatic N) is 2. The quantitative estimate of drug-likeness (QED) is 0.608. The topological polar surface area (TPSA) is 43.6 Å². The summed E-state index contributed by atoms with van der Waals surface area (Å²) >= 11 is 6.33. The van der Waals surface area contributed by atoms with Crippen molar-refractivity contribution in [1.82, 2.24) is 9.61 Å². The highest BCUT2D eigenvalue weighted by atomic mass is 35.5. The Labute approximate surface area is 150 Å². The second-order valence-electron chi connectivity index (χ2n) is 5.98. The van der Waals surface area contributed by atoms with E-state index in [1.165, 1.54) is 12.1 Å². The number of halogens is 2. The molecule has 1 aromatic carbocycles. The number of ether oxygens (including phenoxy) is 1. The zero-order chi connectivity index (χ0) is 18.1. The summed E-state index contributed by atoms with van der Waals surface area (Å²) < 4.78 is 20.2. The highest BCUT2D eigenvalue weighted by molar-refractivity contribution is 6.34. The van der Waals surface area contributed by atoms with E-state index in [2.05, 4.69) is 5.10 Å². The lowest BCUT2D eigenvalue weighted by atomic mass is 9.93. The van der Waals surface area contributed by atoms with Crippen LogP contribution in [-0.4, -0.2) is 22.2 Å². The molecule has 0 N–H and O–H groups in total. The average Bonchev–Trinajstić information content (AvgIpc) is 2.95. The van der Waals surface area contributed by atoms with Gasteiger partial charge in [-0.1, -0.05) is 25.4 Å². The third-order valence-electron chi connectivity index (χ3n) is 3.96. The number of carbonyl (C=O) groups is 1. The van der Waals surface area contributed by atoms with Gasteiger partial charge in [0, 0.05) is 11.8 Å². The summed E-state index contributed by atoms with van der Waals surface area (Å²) in [6.07, 6.45) is 1.74. The lowest BCUT2D eigenvalue weighted by Gasteiger charge is -2.18. The Kier molecular flexibility index (Phi) is 4.77. The lowest BCUT2D eigenvalue weighted by molar-refractivity contribution is 0.0525. The van der Waals surface area contributed by atoms with E-state index in [-0.39, 0.29) is 18.3 Å². The van der Waals surface area contributed by atoms with E-state index in [1.54, 1.807) is 35.8 Å². The molecule has 0 aliphatic rings. The number of benzene rings is 1. The van der Waals surface area contributed by atoms with Crippen LogP contribution in [0.1, 0.15) is 42.6 Å². The largest absolute Gasteiger partial charge is 0.462 e. The monoisotopic (exact) mass is 360 g/mol. The predicted molar refractivity (Wildman–Crippen MR) is 95.6 cm³/mol. The van der Waals surface area contributed by atoms with Gasteiger partial charge in [-0.15, -0.1) is 0 Å². The van der Waals surface area contributed by atoms with Crippen molar-refractivity contribution < 1.29 is 13.9 Å². The third kappa shape index (κ3) is 3.12. The van der Waals surface area contributed by atoms with Crippen molar-refractivity contribution in [3.05, 3.63) is 58.5 Å². The molecule has 0 saturated heterocycles. The van der Waals surface area contributed by atoms with Gasteiger partial charge in [0.05, 0.1) is 22.7 Å². The summed E-state index contributed by atoms with van der Waals surface area (Å²) in [5.41, 5.74) is 2.91. The van der Waals surface area contributed by atoms with Crippen molar-refractivity contribution >= 4 is 23.1 Å². The molecule has 0 unspecified atom stereocenters. The van der Waals surface area contributed by atoms with E-state index in [0.29, 0.717) is 27.4 Å². The van der Waals surface area contributed by atoms with Crippen LogP contribution in [0.5, 0.6) is 0 Å². The van der Waals surface area contributed by atoms with Crippen LogP contribution in [0.4, 0.5) is 4.39 Å². The molecule has 4 nitrogen and oxygen atoms in total. The van der Waals surface area contributed by atoms with Gasteiger partial charge in [0.1, 0.15) is 11.5 Å². The molecule has 0 aliphatic heterocycles. The first-order valence-electron chi connectivity index (χ1n) is 8.07. The van der Waals surface area contributed by atoms with E-state index in [4.69, 9.17) is 16.3 Å². The summed E-state index contributed by atoms with van der Waals surface area (Å²) in [6, 6.07) is 7.61.